The van der Waals surface area contributed by atoms with Gasteiger partial charge in [0.1, 0.15) is 11.6 Å². The van der Waals surface area contributed by atoms with Gasteiger partial charge < -0.3 is 10.5 Å². The number of hydrogen-bond donors (Lipinski definition) is 3. The molecule has 0 aliphatic heterocycles. The molecule has 1 aromatic carbocycles. The fraction of sp³-hybridized carbons (Fsp3) is 0.357. The third-order valence-corrected chi connectivity index (χ3v) is 3.49. The van der Waals surface area contributed by atoms with Crippen LogP contribution in [0.2, 0.25) is 0 Å². The van der Waals surface area contributed by atoms with Crippen LogP contribution in [0, 0.1) is 13.8 Å². The summed E-state index contributed by atoms with van der Waals surface area (Å²) in [7, 11) is 3.45. The van der Waals surface area contributed by atoms with Crippen LogP contribution in [0.1, 0.15) is 28.3 Å². The quantitative estimate of drug-likeness (QED) is 0.576. The maximum absolute atomic E-state index is 6.05. The SMILES string of the molecule is COc1cc(C)cc(C)c1C(NN)c1cnn(C)c1N. The van der Waals surface area contributed by atoms with Gasteiger partial charge in [0, 0.05) is 18.2 Å². The number of rotatable bonds is 4. The molecular formula is C14H21N5O. The summed E-state index contributed by atoms with van der Waals surface area (Å²) in [4.78, 5) is 0. The average Bonchev–Trinajstić information content (AvgIpc) is 2.73. The minimum Gasteiger partial charge on any atom is -0.496 e. The first kappa shape index (κ1) is 14.4. The van der Waals surface area contributed by atoms with E-state index in [1.165, 1.54) is 0 Å². The van der Waals surface area contributed by atoms with Crippen LogP contribution in [-0.4, -0.2) is 16.9 Å². The van der Waals surface area contributed by atoms with Gasteiger partial charge in [-0.3, -0.25) is 10.5 Å². The van der Waals surface area contributed by atoms with Crippen molar-refractivity contribution in [3.8, 4) is 5.75 Å². The molecule has 2 aromatic rings. The first-order valence-corrected chi connectivity index (χ1v) is 6.38. The highest BCUT2D eigenvalue weighted by atomic mass is 16.5. The topological polar surface area (TPSA) is 91.1 Å². The summed E-state index contributed by atoms with van der Waals surface area (Å²) in [5.41, 5.74) is 12.9. The molecule has 0 aliphatic rings. The van der Waals surface area contributed by atoms with Crippen molar-refractivity contribution in [3.05, 3.63) is 40.6 Å². The van der Waals surface area contributed by atoms with Gasteiger partial charge in [0.25, 0.3) is 0 Å². The Bertz CT molecular complexity index is 620. The number of hydrogen-bond acceptors (Lipinski definition) is 5. The number of anilines is 1. The summed E-state index contributed by atoms with van der Waals surface area (Å²) in [6.07, 6.45) is 1.72. The van der Waals surface area contributed by atoms with Gasteiger partial charge in [-0.25, -0.2) is 5.43 Å². The monoisotopic (exact) mass is 275 g/mol. The molecule has 6 nitrogen and oxygen atoms in total. The Hall–Kier alpha value is -2.05. The fourth-order valence-corrected chi connectivity index (χ4v) is 2.49. The lowest BCUT2D eigenvalue weighted by Crippen LogP contribution is -2.30. The third kappa shape index (κ3) is 2.35. The van der Waals surface area contributed by atoms with Crippen molar-refractivity contribution in [1.29, 1.82) is 0 Å². The van der Waals surface area contributed by atoms with Crippen LogP contribution in [0.25, 0.3) is 0 Å². The van der Waals surface area contributed by atoms with E-state index in [2.05, 4.69) is 16.6 Å². The lowest BCUT2D eigenvalue weighted by molar-refractivity contribution is 0.403. The predicted molar refractivity (Wildman–Crippen MR) is 79.3 cm³/mol. The Labute approximate surface area is 118 Å². The number of aryl methyl sites for hydroxylation is 3. The van der Waals surface area contributed by atoms with Gasteiger partial charge in [0.15, 0.2) is 0 Å². The molecule has 0 fully saturated rings. The second kappa shape index (κ2) is 5.52. The standard InChI is InChI=1S/C14H21N5O/c1-8-5-9(2)12(11(6-8)20-4)13(18-16)10-7-17-19(3)14(10)15/h5-7,13,18H,15-16H2,1-4H3. The minimum atomic E-state index is -0.265. The summed E-state index contributed by atoms with van der Waals surface area (Å²) >= 11 is 0. The summed E-state index contributed by atoms with van der Waals surface area (Å²) in [6, 6.07) is 3.81. The molecule has 5 N–H and O–H groups in total. The van der Waals surface area contributed by atoms with E-state index in [9.17, 15) is 0 Å². The number of nitrogens with zero attached hydrogens (tertiary/aromatic N) is 2. The molecule has 2 rings (SSSR count). The Morgan fingerprint density at radius 2 is 2.05 bits per heavy atom. The van der Waals surface area contributed by atoms with Gasteiger partial charge in [-0.2, -0.15) is 5.10 Å². The highest BCUT2D eigenvalue weighted by Gasteiger charge is 2.23. The summed E-state index contributed by atoms with van der Waals surface area (Å²) in [6.45, 7) is 4.06. The Kier molecular flexibility index (Phi) is 3.96. The zero-order valence-corrected chi connectivity index (χ0v) is 12.3. The molecule has 0 saturated heterocycles. The maximum atomic E-state index is 6.05. The van der Waals surface area contributed by atoms with Crippen LogP contribution in [0.4, 0.5) is 5.82 Å². The number of nitrogen functional groups attached to an aromatic ring is 1. The van der Waals surface area contributed by atoms with Crippen LogP contribution in [0.3, 0.4) is 0 Å². The minimum absolute atomic E-state index is 0.265. The van der Waals surface area contributed by atoms with Crippen molar-refractivity contribution in [1.82, 2.24) is 15.2 Å². The van der Waals surface area contributed by atoms with E-state index in [1.54, 1.807) is 25.0 Å². The first-order valence-electron chi connectivity index (χ1n) is 6.38. The van der Waals surface area contributed by atoms with E-state index < -0.39 is 0 Å². The van der Waals surface area contributed by atoms with Crippen LogP contribution in [0.15, 0.2) is 18.3 Å². The first-order chi connectivity index (χ1) is 9.49. The fourth-order valence-electron chi connectivity index (χ4n) is 2.49. The van der Waals surface area contributed by atoms with Gasteiger partial charge in [-0.15, -0.1) is 0 Å². The molecule has 20 heavy (non-hydrogen) atoms. The van der Waals surface area contributed by atoms with Crippen LogP contribution in [0.5, 0.6) is 5.75 Å². The smallest absolute Gasteiger partial charge is 0.126 e. The van der Waals surface area contributed by atoms with Gasteiger partial charge >= 0.3 is 0 Å². The molecule has 1 atom stereocenters. The highest BCUT2D eigenvalue weighted by molar-refractivity contribution is 5.52. The second-order valence-corrected chi connectivity index (χ2v) is 4.91. The van der Waals surface area contributed by atoms with Crippen molar-refractivity contribution in [2.75, 3.05) is 12.8 Å². The number of benzene rings is 1. The average molecular weight is 275 g/mol. The van der Waals surface area contributed by atoms with Gasteiger partial charge in [-0.1, -0.05) is 6.07 Å². The van der Waals surface area contributed by atoms with Crippen LogP contribution < -0.4 is 21.7 Å². The van der Waals surface area contributed by atoms with Gasteiger partial charge in [-0.05, 0) is 31.0 Å². The molecule has 0 amide bonds. The van der Waals surface area contributed by atoms with E-state index >= 15 is 0 Å². The van der Waals surface area contributed by atoms with Crippen molar-refractivity contribution >= 4 is 5.82 Å². The van der Waals surface area contributed by atoms with E-state index in [0.29, 0.717) is 5.82 Å². The molecular weight excluding hydrogens is 254 g/mol. The summed E-state index contributed by atoms with van der Waals surface area (Å²) < 4.78 is 7.12. The van der Waals surface area contributed by atoms with E-state index in [0.717, 1.165) is 28.0 Å². The van der Waals surface area contributed by atoms with Crippen molar-refractivity contribution < 1.29 is 4.74 Å². The number of nitrogens with one attached hydrogen (secondary N) is 1. The number of aromatic nitrogens is 2. The zero-order valence-electron chi connectivity index (χ0n) is 12.3. The van der Waals surface area contributed by atoms with Crippen LogP contribution in [-0.2, 0) is 7.05 Å². The Balaban J connectivity index is 2.60. The highest BCUT2D eigenvalue weighted by Crippen LogP contribution is 2.35. The normalized spacial score (nSPS) is 12.4. The van der Waals surface area contributed by atoms with Gasteiger partial charge in [0.2, 0.25) is 0 Å². The second-order valence-electron chi connectivity index (χ2n) is 4.91. The molecule has 0 spiro atoms. The molecule has 0 radical (unpaired) electrons. The van der Waals surface area contributed by atoms with Crippen molar-refractivity contribution in [3.63, 3.8) is 0 Å². The molecule has 0 saturated carbocycles. The van der Waals surface area contributed by atoms with Crippen LogP contribution >= 0.6 is 0 Å². The Morgan fingerprint density at radius 3 is 2.55 bits per heavy atom. The van der Waals surface area contributed by atoms with Gasteiger partial charge in [0.05, 0.1) is 19.3 Å². The molecule has 1 unspecified atom stereocenters. The molecule has 6 heteroatoms. The number of hydrazine groups is 1. The largest absolute Gasteiger partial charge is 0.496 e. The van der Waals surface area contributed by atoms with E-state index in [1.807, 2.05) is 19.9 Å². The molecule has 1 heterocycles. The predicted octanol–water partition coefficient (Wildman–Crippen LogP) is 1.18. The third-order valence-electron chi connectivity index (χ3n) is 3.49. The number of methoxy groups -OCH3 is 1. The number of ether oxygens (including phenoxy) is 1. The summed E-state index contributed by atoms with van der Waals surface area (Å²) in [5.74, 6) is 7.11. The molecule has 0 bridgehead atoms. The van der Waals surface area contributed by atoms with Crippen molar-refractivity contribution in [2.24, 2.45) is 12.9 Å². The lowest BCUT2D eigenvalue weighted by atomic mass is 9.94. The lowest BCUT2D eigenvalue weighted by Gasteiger charge is -2.21. The van der Waals surface area contributed by atoms with E-state index in [4.69, 9.17) is 16.3 Å². The molecule has 0 aliphatic carbocycles. The van der Waals surface area contributed by atoms with Crippen molar-refractivity contribution in [2.45, 2.75) is 19.9 Å². The van der Waals surface area contributed by atoms with E-state index in [-0.39, 0.29) is 6.04 Å². The molecule has 1 aromatic heterocycles. The zero-order chi connectivity index (χ0) is 14.9. The summed E-state index contributed by atoms with van der Waals surface area (Å²) in [5, 5.41) is 4.17. The maximum Gasteiger partial charge on any atom is 0.126 e. The molecule has 108 valence electrons. The Morgan fingerprint density at radius 1 is 1.35 bits per heavy atom. The number of nitrogens with two attached hydrogens (primary N) is 2.